The van der Waals surface area contributed by atoms with Crippen LogP contribution in [0.3, 0.4) is 0 Å². The first-order chi connectivity index (χ1) is 16.2. The lowest BCUT2D eigenvalue weighted by Crippen LogP contribution is -2.22. The Kier molecular flexibility index (Phi) is 4.85. The molecule has 4 aromatic rings. The van der Waals surface area contributed by atoms with E-state index in [1.807, 2.05) is 45.0 Å². The van der Waals surface area contributed by atoms with Gasteiger partial charge < -0.3 is 16.8 Å². The number of nitrogen functional groups attached to an aromatic ring is 1. The molecule has 2 amide bonds. The lowest BCUT2D eigenvalue weighted by atomic mass is 9.98. The highest BCUT2D eigenvalue weighted by Crippen LogP contribution is 2.46. The van der Waals surface area contributed by atoms with Gasteiger partial charge >= 0.3 is 0 Å². The van der Waals surface area contributed by atoms with Gasteiger partial charge in [-0.1, -0.05) is 25.1 Å². The van der Waals surface area contributed by atoms with Crippen LogP contribution < -0.4 is 16.8 Å². The van der Waals surface area contributed by atoms with Crippen LogP contribution in [0.2, 0.25) is 0 Å². The molecule has 0 bridgehead atoms. The number of benzene rings is 2. The second kappa shape index (κ2) is 7.65. The number of aryl methyl sites for hydroxylation is 2. The molecule has 9 nitrogen and oxygen atoms in total. The van der Waals surface area contributed by atoms with Gasteiger partial charge in [0.25, 0.3) is 5.91 Å². The highest BCUT2D eigenvalue weighted by Gasteiger charge is 2.45. The molecule has 6 N–H and O–H groups in total. The van der Waals surface area contributed by atoms with E-state index < -0.39 is 5.91 Å². The molecule has 172 valence electrons. The normalized spacial score (nSPS) is 14.2. The van der Waals surface area contributed by atoms with Gasteiger partial charge in [0.1, 0.15) is 0 Å². The monoisotopic (exact) mass is 455 g/mol. The molecule has 0 aliphatic heterocycles. The van der Waals surface area contributed by atoms with Crippen molar-refractivity contribution in [2.75, 3.05) is 11.1 Å². The van der Waals surface area contributed by atoms with E-state index in [2.05, 4.69) is 20.5 Å². The number of primary amides is 1. The number of H-pyrrole nitrogens is 1. The molecule has 0 spiro atoms. The third-order valence-corrected chi connectivity index (χ3v) is 6.54. The largest absolute Gasteiger partial charge is 0.395 e. The van der Waals surface area contributed by atoms with Crippen molar-refractivity contribution >= 4 is 34.1 Å². The molecule has 5 rings (SSSR count). The summed E-state index contributed by atoms with van der Waals surface area (Å²) in [6, 6.07) is 9.40. The summed E-state index contributed by atoms with van der Waals surface area (Å²) in [6.45, 7) is 5.77. The summed E-state index contributed by atoms with van der Waals surface area (Å²) in [5.74, 6) is -0.555. The molecule has 34 heavy (non-hydrogen) atoms. The van der Waals surface area contributed by atoms with Crippen molar-refractivity contribution in [3.05, 3.63) is 53.3 Å². The second-order valence-electron chi connectivity index (χ2n) is 9.12. The number of aromatic nitrogens is 4. The molecular weight excluding hydrogens is 430 g/mol. The molecule has 0 saturated heterocycles. The van der Waals surface area contributed by atoms with E-state index in [9.17, 15) is 9.59 Å². The van der Waals surface area contributed by atoms with Crippen LogP contribution in [0.25, 0.3) is 33.5 Å². The number of anilines is 2. The van der Waals surface area contributed by atoms with Crippen LogP contribution in [-0.2, 0) is 4.79 Å². The molecule has 1 fully saturated rings. The van der Waals surface area contributed by atoms with Gasteiger partial charge in [0.05, 0.1) is 28.8 Å². The van der Waals surface area contributed by atoms with Gasteiger partial charge in [-0.2, -0.15) is 5.10 Å². The Morgan fingerprint density at radius 1 is 1.06 bits per heavy atom. The van der Waals surface area contributed by atoms with Crippen LogP contribution >= 0.6 is 0 Å². The lowest BCUT2D eigenvalue weighted by Gasteiger charge is -2.18. The molecule has 2 heterocycles. The molecular formula is C25H25N7O2. The highest BCUT2D eigenvalue weighted by molar-refractivity contribution is 6.05. The number of carbonyl (C=O) groups is 2. The SMILES string of the molecule is Cc1cccc(NC(=O)C2(C)CC2)c1-c1nc(C(N)=O)c(N)c(-c2c(C)ccc3[nH]ncc23)n1. The van der Waals surface area contributed by atoms with E-state index in [1.165, 1.54) is 0 Å². The van der Waals surface area contributed by atoms with Crippen LogP contribution in [0.4, 0.5) is 11.4 Å². The number of aromatic amines is 1. The number of carbonyl (C=O) groups excluding carboxylic acids is 2. The Hall–Kier alpha value is -4.27. The van der Waals surface area contributed by atoms with Crippen molar-refractivity contribution in [3.63, 3.8) is 0 Å². The van der Waals surface area contributed by atoms with Crippen molar-refractivity contribution < 1.29 is 9.59 Å². The summed E-state index contributed by atoms with van der Waals surface area (Å²) < 4.78 is 0. The maximum Gasteiger partial charge on any atom is 0.269 e. The fraction of sp³-hybridized carbons (Fsp3) is 0.240. The minimum absolute atomic E-state index is 0.0517. The Morgan fingerprint density at radius 3 is 2.50 bits per heavy atom. The average Bonchev–Trinajstić information content (AvgIpc) is 3.37. The molecule has 1 aliphatic carbocycles. The van der Waals surface area contributed by atoms with Crippen molar-refractivity contribution in [3.8, 4) is 22.6 Å². The Labute approximate surface area is 196 Å². The quantitative estimate of drug-likeness (QED) is 0.360. The molecule has 0 atom stereocenters. The first-order valence-corrected chi connectivity index (χ1v) is 11.0. The maximum atomic E-state index is 12.8. The molecule has 1 aliphatic rings. The number of nitrogens with one attached hydrogen (secondary N) is 2. The summed E-state index contributed by atoms with van der Waals surface area (Å²) in [5, 5.41) is 10.9. The van der Waals surface area contributed by atoms with Gasteiger partial charge in [-0.25, -0.2) is 9.97 Å². The molecule has 0 unspecified atom stereocenters. The van der Waals surface area contributed by atoms with E-state index in [4.69, 9.17) is 16.5 Å². The minimum atomic E-state index is -0.760. The summed E-state index contributed by atoms with van der Waals surface area (Å²) in [7, 11) is 0. The van der Waals surface area contributed by atoms with Crippen LogP contribution in [0.15, 0.2) is 36.5 Å². The maximum absolute atomic E-state index is 12.8. The van der Waals surface area contributed by atoms with Crippen LogP contribution in [0.5, 0.6) is 0 Å². The topological polar surface area (TPSA) is 153 Å². The Morgan fingerprint density at radius 2 is 1.79 bits per heavy atom. The molecule has 2 aromatic carbocycles. The van der Waals surface area contributed by atoms with Crippen molar-refractivity contribution in [2.45, 2.75) is 33.6 Å². The Balaban J connectivity index is 1.75. The smallest absolute Gasteiger partial charge is 0.269 e. The highest BCUT2D eigenvalue weighted by atomic mass is 16.2. The van der Waals surface area contributed by atoms with E-state index in [0.29, 0.717) is 16.9 Å². The zero-order valence-corrected chi connectivity index (χ0v) is 19.2. The summed E-state index contributed by atoms with van der Waals surface area (Å²) >= 11 is 0. The van der Waals surface area contributed by atoms with Gasteiger partial charge in [-0.15, -0.1) is 0 Å². The summed E-state index contributed by atoms with van der Waals surface area (Å²) in [4.78, 5) is 34.4. The van der Waals surface area contributed by atoms with Gasteiger partial charge in [0.2, 0.25) is 5.91 Å². The van der Waals surface area contributed by atoms with Crippen molar-refractivity contribution in [1.82, 2.24) is 20.2 Å². The molecule has 1 saturated carbocycles. The predicted molar refractivity (Wildman–Crippen MR) is 131 cm³/mol. The first kappa shape index (κ1) is 21.6. The third-order valence-electron chi connectivity index (χ3n) is 6.54. The summed E-state index contributed by atoms with van der Waals surface area (Å²) in [5.41, 5.74) is 16.6. The van der Waals surface area contributed by atoms with Crippen LogP contribution in [-0.4, -0.2) is 32.0 Å². The first-order valence-electron chi connectivity index (χ1n) is 11.0. The number of hydrogen-bond donors (Lipinski definition) is 4. The number of fused-ring (bicyclic) bond motifs is 1. The summed E-state index contributed by atoms with van der Waals surface area (Å²) in [6.07, 6.45) is 3.39. The number of nitrogens with zero attached hydrogens (tertiary/aromatic N) is 3. The van der Waals surface area contributed by atoms with Crippen LogP contribution in [0, 0.1) is 19.3 Å². The Bertz CT molecular complexity index is 1480. The number of rotatable bonds is 5. The third kappa shape index (κ3) is 3.45. The number of hydrogen-bond acceptors (Lipinski definition) is 6. The van der Waals surface area contributed by atoms with Gasteiger partial charge in [-0.05, 0) is 49.9 Å². The molecule has 0 radical (unpaired) electrons. The number of amides is 2. The van der Waals surface area contributed by atoms with Crippen molar-refractivity contribution in [1.29, 1.82) is 0 Å². The zero-order chi connectivity index (χ0) is 24.2. The van der Waals surface area contributed by atoms with Crippen molar-refractivity contribution in [2.24, 2.45) is 11.1 Å². The molecule has 9 heteroatoms. The van der Waals surface area contributed by atoms with Gasteiger partial charge in [0.15, 0.2) is 11.5 Å². The fourth-order valence-corrected chi connectivity index (χ4v) is 4.16. The second-order valence-corrected chi connectivity index (χ2v) is 9.12. The van der Waals surface area contributed by atoms with Gasteiger partial charge in [0, 0.05) is 21.9 Å². The van der Waals surface area contributed by atoms with E-state index >= 15 is 0 Å². The molecule has 2 aromatic heterocycles. The fourth-order valence-electron chi connectivity index (χ4n) is 4.16. The lowest BCUT2D eigenvalue weighted by molar-refractivity contribution is -0.120. The van der Waals surface area contributed by atoms with Gasteiger partial charge in [-0.3, -0.25) is 14.7 Å². The van der Waals surface area contributed by atoms with E-state index in [0.717, 1.165) is 40.4 Å². The zero-order valence-electron chi connectivity index (χ0n) is 19.2. The average molecular weight is 456 g/mol. The van der Waals surface area contributed by atoms with E-state index in [-0.39, 0.29) is 28.5 Å². The predicted octanol–water partition coefficient (Wildman–Crippen LogP) is 3.72. The van der Waals surface area contributed by atoms with Crippen LogP contribution in [0.1, 0.15) is 41.4 Å². The minimum Gasteiger partial charge on any atom is -0.395 e. The number of nitrogens with two attached hydrogens (primary N) is 2. The van der Waals surface area contributed by atoms with E-state index in [1.54, 1.807) is 12.3 Å². The standard InChI is InChI=1S/C25H25N7O2/c1-12-5-4-6-16(29-24(34)25(3)9-10-25)18(12)23-30-20(19(26)21(31-23)22(27)33)17-13(2)7-8-15-14(17)11-28-32-15/h4-8,11H,9-10,26H2,1-3H3,(H2,27,33)(H,28,32)(H,29,34).